The monoisotopic (exact) mass is 420 g/mol. The maximum absolute atomic E-state index is 5.82. The summed E-state index contributed by atoms with van der Waals surface area (Å²) in [6.45, 7) is 7.69. The minimum atomic E-state index is -0.0603. The number of benzene rings is 1. The fourth-order valence-electron chi connectivity index (χ4n) is 4.60. The van der Waals surface area contributed by atoms with E-state index >= 15 is 0 Å². The number of aryl methyl sites for hydroxylation is 1. The molecule has 5 rings (SSSR count). The van der Waals surface area contributed by atoms with Gasteiger partial charge in [0, 0.05) is 35.9 Å². The average molecular weight is 421 g/mol. The van der Waals surface area contributed by atoms with E-state index in [0.29, 0.717) is 5.11 Å². The molecular weight excluding hydrogens is 396 g/mol. The molecule has 1 aromatic carbocycles. The standard InChI is InChI=1S/C23H24N4O2S/c1-4-26-14(2)11-17(15(26)3)22-21(18-7-5-6-10-24-18)25-23(30)27(22)16-8-9-19-20(12-16)29-13-28-19/h5-12,21-22H,4,13H2,1-3H3,(H,25,30)/t21-,22-/m1/s1. The Morgan fingerprint density at radius 1 is 1.13 bits per heavy atom. The summed E-state index contributed by atoms with van der Waals surface area (Å²) >= 11 is 5.82. The first-order valence-electron chi connectivity index (χ1n) is 10.2. The van der Waals surface area contributed by atoms with Crippen LogP contribution in [0, 0.1) is 13.8 Å². The van der Waals surface area contributed by atoms with Gasteiger partial charge in [-0.1, -0.05) is 6.07 Å². The largest absolute Gasteiger partial charge is 0.454 e. The highest BCUT2D eigenvalue weighted by atomic mass is 32.1. The van der Waals surface area contributed by atoms with Crippen LogP contribution in [-0.2, 0) is 6.54 Å². The summed E-state index contributed by atoms with van der Waals surface area (Å²) in [5, 5.41) is 4.20. The second-order valence-corrected chi connectivity index (χ2v) is 7.99. The lowest BCUT2D eigenvalue weighted by Gasteiger charge is -2.28. The Morgan fingerprint density at radius 3 is 2.70 bits per heavy atom. The lowest BCUT2D eigenvalue weighted by Crippen LogP contribution is -2.29. The van der Waals surface area contributed by atoms with E-state index in [1.165, 1.54) is 17.0 Å². The molecule has 1 saturated heterocycles. The Bertz CT molecular complexity index is 1110. The van der Waals surface area contributed by atoms with Gasteiger partial charge in [0.15, 0.2) is 16.6 Å². The van der Waals surface area contributed by atoms with Crippen molar-refractivity contribution in [3.05, 3.63) is 71.3 Å². The molecule has 6 nitrogen and oxygen atoms in total. The van der Waals surface area contributed by atoms with Crippen molar-refractivity contribution in [3.63, 3.8) is 0 Å². The summed E-state index contributed by atoms with van der Waals surface area (Å²) in [7, 11) is 0. The van der Waals surface area contributed by atoms with Crippen molar-refractivity contribution < 1.29 is 9.47 Å². The highest BCUT2D eigenvalue weighted by Crippen LogP contribution is 2.45. The van der Waals surface area contributed by atoms with Gasteiger partial charge < -0.3 is 24.3 Å². The van der Waals surface area contributed by atoms with Crippen LogP contribution in [0.4, 0.5) is 5.69 Å². The molecule has 30 heavy (non-hydrogen) atoms. The van der Waals surface area contributed by atoms with Crippen LogP contribution >= 0.6 is 12.2 Å². The minimum Gasteiger partial charge on any atom is -0.454 e. The van der Waals surface area contributed by atoms with Crippen LogP contribution in [-0.4, -0.2) is 21.5 Å². The van der Waals surface area contributed by atoms with Gasteiger partial charge in [-0.05, 0) is 68.9 Å². The number of fused-ring (bicyclic) bond motifs is 1. The number of anilines is 1. The predicted octanol–water partition coefficient (Wildman–Crippen LogP) is 4.43. The van der Waals surface area contributed by atoms with Crippen LogP contribution in [0.25, 0.3) is 0 Å². The molecule has 0 saturated carbocycles. The van der Waals surface area contributed by atoms with Gasteiger partial charge in [-0.2, -0.15) is 0 Å². The Balaban J connectivity index is 1.66. The Morgan fingerprint density at radius 2 is 1.97 bits per heavy atom. The summed E-state index contributed by atoms with van der Waals surface area (Å²) in [4.78, 5) is 6.81. The molecule has 2 atom stereocenters. The molecule has 1 fully saturated rings. The number of pyridine rings is 1. The molecule has 7 heteroatoms. The number of hydrogen-bond acceptors (Lipinski definition) is 4. The summed E-state index contributed by atoms with van der Waals surface area (Å²) < 4.78 is 13.5. The van der Waals surface area contributed by atoms with Crippen molar-refractivity contribution in [1.82, 2.24) is 14.9 Å². The summed E-state index contributed by atoms with van der Waals surface area (Å²) in [6.07, 6.45) is 1.83. The SMILES string of the molecule is CCn1c(C)cc([C@@H]2[C@@H](c3ccccn3)NC(=S)N2c2ccc3c(c2)OCO3)c1C. The lowest BCUT2D eigenvalue weighted by atomic mass is 9.96. The van der Waals surface area contributed by atoms with Crippen molar-refractivity contribution in [2.24, 2.45) is 0 Å². The summed E-state index contributed by atoms with van der Waals surface area (Å²) in [5.41, 5.74) is 5.68. The molecule has 3 aromatic rings. The normalized spacial score (nSPS) is 20.0. The van der Waals surface area contributed by atoms with E-state index in [-0.39, 0.29) is 18.9 Å². The predicted molar refractivity (Wildman–Crippen MR) is 120 cm³/mol. The van der Waals surface area contributed by atoms with Crippen molar-refractivity contribution >= 4 is 23.0 Å². The van der Waals surface area contributed by atoms with Crippen molar-refractivity contribution in [1.29, 1.82) is 0 Å². The zero-order valence-electron chi connectivity index (χ0n) is 17.3. The summed E-state index contributed by atoms with van der Waals surface area (Å²) in [6, 6.07) is 14.2. The quantitative estimate of drug-likeness (QED) is 0.631. The van der Waals surface area contributed by atoms with Gasteiger partial charge >= 0.3 is 0 Å². The second kappa shape index (κ2) is 7.32. The summed E-state index contributed by atoms with van der Waals surface area (Å²) in [5.74, 6) is 1.51. The van der Waals surface area contributed by atoms with E-state index < -0.39 is 0 Å². The molecule has 154 valence electrons. The molecule has 2 aromatic heterocycles. The van der Waals surface area contributed by atoms with E-state index in [9.17, 15) is 0 Å². The van der Waals surface area contributed by atoms with E-state index in [4.69, 9.17) is 21.7 Å². The van der Waals surface area contributed by atoms with E-state index in [1.807, 2.05) is 36.5 Å². The van der Waals surface area contributed by atoms with Gasteiger partial charge in [0.05, 0.1) is 17.8 Å². The highest BCUT2D eigenvalue weighted by Gasteiger charge is 2.42. The number of rotatable bonds is 4. The van der Waals surface area contributed by atoms with Crippen molar-refractivity contribution in [2.45, 2.75) is 39.4 Å². The van der Waals surface area contributed by atoms with Gasteiger partial charge in [0.1, 0.15) is 0 Å². The van der Waals surface area contributed by atoms with E-state index in [0.717, 1.165) is 29.4 Å². The number of aromatic nitrogens is 2. The molecule has 2 aliphatic rings. The van der Waals surface area contributed by atoms with Crippen LogP contribution in [0.3, 0.4) is 0 Å². The Hall–Kier alpha value is -3.06. The number of thiocarbonyl (C=S) groups is 1. The number of ether oxygens (including phenoxy) is 2. The zero-order chi connectivity index (χ0) is 20.8. The molecule has 0 bridgehead atoms. The maximum atomic E-state index is 5.82. The topological polar surface area (TPSA) is 51.6 Å². The molecule has 0 unspecified atom stereocenters. The van der Waals surface area contributed by atoms with Gasteiger partial charge in [0.25, 0.3) is 0 Å². The lowest BCUT2D eigenvalue weighted by molar-refractivity contribution is 0.174. The number of hydrogen-bond donors (Lipinski definition) is 1. The third-order valence-corrected chi connectivity index (χ3v) is 6.29. The first-order chi connectivity index (χ1) is 14.6. The molecule has 0 spiro atoms. The third-order valence-electron chi connectivity index (χ3n) is 5.98. The number of nitrogens with one attached hydrogen (secondary N) is 1. The van der Waals surface area contributed by atoms with Gasteiger partial charge in [-0.15, -0.1) is 0 Å². The first-order valence-corrected chi connectivity index (χ1v) is 10.6. The fourth-order valence-corrected chi connectivity index (χ4v) is 4.94. The molecule has 4 heterocycles. The fraction of sp³-hybridized carbons (Fsp3) is 0.304. The van der Waals surface area contributed by atoms with Crippen LogP contribution in [0.1, 0.15) is 41.7 Å². The third kappa shape index (κ3) is 2.92. The van der Waals surface area contributed by atoms with Gasteiger partial charge in [0.2, 0.25) is 6.79 Å². The van der Waals surface area contributed by atoms with Crippen LogP contribution in [0.5, 0.6) is 11.5 Å². The molecular formula is C23H24N4O2S. The van der Waals surface area contributed by atoms with E-state index in [1.54, 1.807) is 0 Å². The molecule has 0 aliphatic carbocycles. The zero-order valence-corrected chi connectivity index (χ0v) is 18.1. The second-order valence-electron chi connectivity index (χ2n) is 7.60. The first kappa shape index (κ1) is 18.9. The van der Waals surface area contributed by atoms with Crippen LogP contribution in [0.2, 0.25) is 0 Å². The van der Waals surface area contributed by atoms with Gasteiger partial charge in [-0.25, -0.2) is 0 Å². The minimum absolute atomic E-state index is 0.0285. The van der Waals surface area contributed by atoms with Crippen LogP contribution in [0.15, 0.2) is 48.7 Å². The van der Waals surface area contributed by atoms with Crippen LogP contribution < -0.4 is 19.7 Å². The molecule has 0 amide bonds. The Kier molecular flexibility index (Phi) is 4.62. The van der Waals surface area contributed by atoms with Crippen molar-refractivity contribution in [3.8, 4) is 11.5 Å². The van der Waals surface area contributed by atoms with Crippen molar-refractivity contribution in [2.75, 3.05) is 11.7 Å². The highest BCUT2D eigenvalue weighted by molar-refractivity contribution is 7.80. The molecule has 2 aliphatic heterocycles. The van der Waals surface area contributed by atoms with E-state index in [2.05, 4.69) is 52.7 Å². The average Bonchev–Trinajstić information content (AvgIpc) is 3.43. The molecule has 0 radical (unpaired) electrons. The smallest absolute Gasteiger partial charge is 0.231 e. The number of nitrogens with zero attached hydrogens (tertiary/aromatic N) is 3. The Labute approximate surface area is 181 Å². The van der Waals surface area contributed by atoms with Gasteiger partial charge in [-0.3, -0.25) is 4.98 Å². The maximum Gasteiger partial charge on any atom is 0.231 e. The molecule has 1 N–H and O–H groups in total.